The van der Waals surface area contributed by atoms with Crippen LogP contribution in [0.3, 0.4) is 0 Å². The van der Waals surface area contributed by atoms with E-state index in [0.717, 1.165) is 102 Å². The molecule has 12 nitrogen and oxygen atoms in total. The Labute approximate surface area is 328 Å². The first-order chi connectivity index (χ1) is 26.1. The second kappa shape index (κ2) is 17.2. The van der Waals surface area contributed by atoms with Gasteiger partial charge >= 0.3 is 35.0 Å². The zero-order valence-corrected chi connectivity index (χ0v) is 38.0. The summed E-state index contributed by atoms with van der Waals surface area (Å²) in [4.78, 5) is 0. The van der Waals surface area contributed by atoms with Crippen molar-refractivity contribution in [3.05, 3.63) is 0 Å². The summed E-state index contributed by atoms with van der Waals surface area (Å²) in [7, 11) is -4.19. The Bertz CT molecular complexity index is 1250. The van der Waals surface area contributed by atoms with Crippen molar-refractivity contribution >= 4 is 35.0 Å². The maximum absolute atomic E-state index is 7.64. The minimum absolute atomic E-state index is 0.409. The Morgan fingerprint density at radius 3 is 1.00 bits per heavy atom. The van der Waals surface area contributed by atoms with Gasteiger partial charge in [-0.3, -0.25) is 0 Å². The largest absolute Gasteiger partial charge is 0.493 e. The van der Waals surface area contributed by atoms with Crippen molar-refractivity contribution in [1.29, 1.82) is 0 Å². The lowest BCUT2D eigenvalue weighted by Crippen LogP contribution is -2.64. The minimum atomic E-state index is -3.49. The Morgan fingerprint density at radius 2 is 0.667 bits per heavy atom. The molecule has 0 N–H and O–H groups in total. The van der Waals surface area contributed by atoms with E-state index in [0.29, 0.717) is 78.5 Å². The first-order valence-electron chi connectivity index (χ1n) is 21.6. The van der Waals surface area contributed by atoms with Crippen molar-refractivity contribution in [3.63, 3.8) is 0 Å². The molecule has 4 saturated heterocycles. The standard InChI is InChI=1S/C38H70O12Si4/c1-39-52(40-2,20-16-28-8-12-32-36(24-28)45-32)48-51(6,19-15-27-7-11-31-35(23-27)44-31)49-54(43-5,22-18-30-10-14-34-38(26-30)47-34)50-53(41-3,42-4)21-17-29-9-13-33-37(25-29)46-33/h27-38H,7-26H2,1-6H3. The summed E-state index contributed by atoms with van der Waals surface area (Å²) in [6.45, 7) is 2.22. The molecule has 0 radical (unpaired) electrons. The molecule has 4 aliphatic carbocycles. The maximum Gasteiger partial charge on any atom is 0.493 e. The minimum Gasteiger partial charge on any atom is -0.394 e. The Balaban J connectivity index is 1.03. The van der Waals surface area contributed by atoms with E-state index < -0.39 is 35.0 Å². The van der Waals surface area contributed by atoms with Gasteiger partial charge in [0, 0.05) is 53.7 Å². The van der Waals surface area contributed by atoms with Crippen LogP contribution in [-0.4, -0.2) is 119 Å². The third-order valence-corrected chi connectivity index (χ3v) is 30.1. The third kappa shape index (κ3) is 10.0. The van der Waals surface area contributed by atoms with Crippen LogP contribution in [0.5, 0.6) is 0 Å². The van der Waals surface area contributed by atoms with E-state index in [1.165, 1.54) is 19.3 Å². The van der Waals surface area contributed by atoms with Crippen LogP contribution in [0.4, 0.5) is 0 Å². The van der Waals surface area contributed by atoms with Gasteiger partial charge in [-0.05, 0) is 139 Å². The fourth-order valence-electron chi connectivity index (χ4n) is 10.8. The van der Waals surface area contributed by atoms with Gasteiger partial charge in [-0.2, -0.15) is 0 Å². The van der Waals surface area contributed by atoms with Gasteiger partial charge in [-0.15, -0.1) is 0 Å². The second-order valence-electron chi connectivity index (χ2n) is 18.2. The van der Waals surface area contributed by atoms with Crippen LogP contribution < -0.4 is 0 Å². The summed E-state index contributed by atoms with van der Waals surface area (Å²) < 4.78 is 78.2. The average molecular weight is 831 g/mol. The Kier molecular flexibility index (Phi) is 13.1. The van der Waals surface area contributed by atoms with Gasteiger partial charge in [0.15, 0.2) is 0 Å². The van der Waals surface area contributed by atoms with Gasteiger partial charge < -0.3 is 53.4 Å². The van der Waals surface area contributed by atoms with Crippen LogP contribution in [0.15, 0.2) is 0 Å². The molecule has 8 aliphatic rings. The molecular formula is C38H70O12Si4. The Hall–Kier alpha value is 0.388. The van der Waals surface area contributed by atoms with E-state index >= 15 is 0 Å². The lowest BCUT2D eigenvalue weighted by atomic mass is 9.88. The van der Waals surface area contributed by atoms with E-state index in [4.69, 9.17) is 53.4 Å². The zero-order valence-electron chi connectivity index (χ0n) is 34.0. The van der Waals surface area contributed by atoms with Crippen molar-refractivity contribution in [2.24, 2.45) is 23.7 Å². The normalized spacial score (nSPS) is 40.3. The smallest absolute Gasteiger partial charge is 0.394 e. The second-order valence-corrected chi connectivity index (χ2v) is 31.1. The predicted octanol–water partition coefficient (Wildman–Crippen LogP) is 6.99. The highest BCUT2D eigenvalue weighted by Crippen LogP contribution is 2.47. The number of ether oxygens (including phenoxy) is 4. The van der Waals surface area contributed by atoms with E-state index in [-0.39, 0.29) is 0 Å². The molecule has 14 unspecified atom stereocenters. The van der Waals surface area contributed by atoms with Crippen LogP contribution in [0.1, 0.15) is 103 Å². The van der Waals surface area contributed by atoms with Crippen LogP contribution in [0, 0.1) is 23.7 Å². The topological polar surface area (TPSA) is 124 Å². The van der Waals surface area contributed by atoms with Gasteiger partial charge in [0.2, 0.25) is 0 Å². The average Bonchev–Trinajstić information content (AvgIpc) is 4.01. The molecule has 0 aromatic carbocycles. The lowest BCUT2D eigenvalue weighted by molar-refractivity contribution is 0.0861. The summed E-state index contributed by atoms with van der Waals surface area (Å²) in [5.74, 6) is 2.29. The summed E-state index contributed by atoms with van der Waals surface area (Å²) >= 11 is 0. The highest BCUT2D eigenvalue weighted by atomic mass is 28.5. The number of rotatable bonds is 23. The SMILES string of the molecule is CO[Si](CCC1CCC2OC2C1)(OC)O[Si](C)(CCC1CCC2OC2C1)O[Si](CCC1CCC2OC2C1)(OC)O[Si](CCC1CCC2OC2C1)(OC)OC. The number of epoxide rings is 4. The van der Waals surface area contributed by atoms with Crippen molar-refractivity contribution < 1.29 is 53.4 Å². The highest BCUT2D eigenvalue weighted by molar-refractivity contribution is 6.85. The van der Waals surface area contributed by atoms with Gasteiger partial charge in [0.1, 0.15) is 0 Å². The van der Waals surface area contributed by atoms with Crippen molar-refractivity contribution in [2.45, 2.75) is 182 Å². The first kappa shape index (κ1) is 41.1. The van der Waals surface area contributed by atoms with Gasteiger partial charge in [0.25, 0.3) is 0 Å². The maximum atomic E-state index is 7.64. The van der Waals surface area contributed by atoms with Crippen molar-refractivity contribution in [2.75, 3.05) is 35.5 Å². The van der Waals surface area contributed by atoms with E-state index in [1.807, 2.05) is 0 Å². The van der Waals surface area contributed by atoms with Gasteiger partial charge in [-0.1, -0.05) is 0 Å². The lowest BCUT2D eigenvalue weighted by Gasteiger charge is -2.44. The molecule has 0 amide bonds. The molecule has 54 heavy (non-hydrogen) atoms. The predicted molar refractivity (Wildman–Crippen MR) is 209 cm³/mol. The van der Waals surface area contributed by atoms with Crippen molar-refractivity contribution in [1.82, 2.24) is 0 Å². The van der Waals surface area contributed by atoms with E-state index in [2.05, 4.69) is 6.55 Å². The molecule has 0 aromatic heterocycles. The molecule has 0 aromatic rings. The van der Waals surface area contributed by atoms with Crippen LogP contribution in [0.2, 0.25) is 30.7 Å². The van der Waals surface area contributed by atoms with Crippen molar-refractivity contribution in [3.8, 4) is 0 Å². The summed E-state index contributed by atoms with van der Waals surface area (Å²) in [5, 5.41) is 0. The summed E-state index contributed by atoms with van der Waals surface area (Å²) in [6.07, 6.45) is 21.3. The van der Waals surface area contributed by atoms with E-state index in [9.17, 15) is 0 Å². The monoisotopic (exact) mass is 830 g/mol. The van der Waals surface area contributed by atoms with Crippen LogP contribution >= 0.6 is 0 Å². The fourth-order valence-corrected chi connectivity index (χ4v) is 28.0. The third-order valence-electron chi connectivity index (χ3n) is 14.6. The number of fused-ring (bicyclic) bond motifs is 4. The molecule has 0 bridgehead atoms. The molecule has 4 aliphatic heterocycles. The molecule has 8 fully saturated rings. The van der Waals surface area contributed by atoms with Crippen LogP contribution in [0.25, 0.3) is 0 Å². The molecule has 14 atom stereocenters. The van der Waals surface area contributed by atoms with Gasteiger partial charge in [-0.25, -0.2) is 0 Å². The molecule has 310 valence electrons. The molecule has 0 spiro atoms. The van der Waals surface area contributed by atoms with Gasteiger partial charge in [0.05, 0.1) is 48.8 Å². The summed E-state index contributed by atoms with van der Waals surface area (Å²) in [5.41, 5.74) is 0. The number of hydrogen-bond donors (Lipinski definition) is 0. The highest BCUT2D eigenvalue weighted by Gasteiger charge is 2.59. The quantitative estimate of drug-likeness (QED) is 0.0780. The Morgan fingerprint density at radius 1 is 0.370 bits per heavy atom. The zero-order chi connectivity index (χ0) is 37.6. The summed E-state index contributed by atoms with van der Waals surface area (Å²) in [6, 6.07) is 2.96. The van der Waals surface area contributed by atoms with Crippen LogP contribution in [-0.2, 0) is 53.4 Å². The molecule has 4 heterocycles. The van der Waals surface area contributed by atoms with E-state index in [1.54, 1.807) is 35.5 Å². The molecular weight excluding hydrogens is 761 g/mol. The molecule has 4 saturated carbocycles. The number of hydrogen-bond acceptors (Lipinski definition) is 12. The fraction of sp³-hybridized carbons (Fsp3) is 1.00. The molecule has 16 heteroatoms. The molecule has 8 rings (SSSR count). The first-order valence-corrected chi connectivity index (χ1v) is 29.9.